The largest absolute Gasteiger partial charge is 0.352 e. The average molecular weight is 354 g/mol. The highest BCUT2D eigenvalue weighted by atomic mass is 32.1. The zero-order chi connectivity index (χ0) is 17.5. The summed E-state index contributed by atoms with van der Waals surface area (Å²) in [6, 6.07) is 0. The molecule has 4 N–H and O–H groups in total. The molecule has 0 unspecified atom stereocenters. The molecule has 10 heteroatoms. The molecular weight excluding hydrogens is 336 g/mol. The molecule has 1 aliphatic heterocycles. The summed E-state index contributed by atoms with van der Waals surface area (Å²) in [7, 11) is 0. The van der Waals surface area contributed by atoms with Gasteiger partial charge in [0.2, 0.25) is 5.91 Å². The third-order valence-corrected chi connectivity index (χ3v) is 3.56. The number of rotatable bonds is 5. The van der Waals surface area contributed by atoms with Gasteiger partial charge in [0.1, 0.15) is 11.8 Å². The van der Waals surface area contributed by atoms with Crippen LogP contribution in [0.3, 0.4) is 0 Å². The Morgan fingerprint density at radius 1 is 1.54 bits per heavy atom. The Kier molecular flexibility index (Phi) is 6.62. The second kappa shape index (κ2) is 8.70. The van der Waals surface area contributed by atoms with Crippen LogP contribution >= 0.6 is 12.9 Å². The van der Waals surface area contributed by atoms with Crippen LogP contribution in [0.1, 0.15) is 24.6 Å². The topological polar surface area (TPSA) is 128 Å². The van der Waals surface area contributed by atoms with Gasteiger partial charge in [-0.05, 0) is 25.8 Å². The Morgan fingerprint density at radius 3 is 3.04 bits per heavy atom. The van der Waals surface area contributed by atoms with Crippen molar-refractivity contribution < 1.29 is 13.7 Å². The summed E-state index contributed by atoms with van der Waals surface area (Å²) in [6.07, 6.45) is 2.01. The molecule has 1 aromatic heterocycles. The summed E-state index contributed by atoms with van der Waals surface area (Å²) in [5, 5.41) is 2.46. The first-order valence-electron chi connectivity index (χ1n) is 7.28. The van der Waals surface area contributed by atoms with Gasteiger partial charge >= 0.3 is 5.69 Å². The molecule has 0 aromatic carbocycles. The number of amides is 1. The number of ether oxygens (including phenoxy) is 1. The predicted molar refractivity (Wildman–Crippen MR) is 88.3 cm³/mol. The highest BCUT2D eigenvalue weighted by Gasteiger charge is 2.27. The fourth-order valence-electron chi connectivity index (χ4n) is 2.24. The van der Waals surface area contributed by atoms with Crippen molar-refractivity contribution >= 4 is 18.8 Å². The molecule has 9 nitrogen and oxygen atoms in total. The number of H-pyrrole nitrogens is 1. The Bertz CT molecular complexity index is 763. The number of nitrogens with zero attached hydrogens (tertiary/aromatic N) is 1. The van der Waals surface area contributed by atoms with Gasteiger partial charge in [0.15, 0.2) is 0 Å². The summed E-state index contributed by atoms with van der Waals surface area (Å²) < 4.78 is 11.7. The molecule has 2 heterocycles. The Hall–Kier alpha value is -2.06. The van der Waals surface area contributed by atoms with Crippen LogP contribution in [0.5, 0.6) is 0 Å². The van der Waals surface area contributed by atoms with Crippen LogP contribution in [-0.4, -0.2) is 41.3 Å². The third-order valence-electron chi connectivity index (χ3n) is 3.41. The van der Waals surface area contributed by atoms with Crippen LogP contribution in [0.15, 0.2) is 15.8 Å². The molecule has 1 aromatic rings. The molecule has 0 saturated carbocycles. The van der Waals surface area contributed by atoms with E-state index in [0.29, 0.717) is 19.4 Å². The van der Waals surface area contributed by atoms with Crippen LogP contribution in [0.2, 0.25) is 0 Å². The molecule has 1 amide bonds. The number of hydrogen-bond donors (Lipinski definition) is 4. The lowest BCUT2D eigenvalue weighted by Gasteiger charge is -2.15. The summed E-state index contributed by atoms with van der Waals surface area (Å²) in [6.45, 7) is 0.227. The van der Waals surface area contributed by atoms with E-state index in [1.165, 1.54) is 10.8 Å². The van der Waals surface area contributed by atoms with Crippen LogP contribution in [-0.2, 0) is 13.7 Å². The Labute approximate surface area is 143 Å². The van der Waals surface area contributed by atoms with E-state index < -0.39 is 17.5 Å². The maximum atomic E-state index is 12.0. The van der Waals surface area contributed by atoms with E-state index in [0.717, 1.165) is 0 Å². The average Bonchev–Trinajstić information content (AvgIpc) is 3.01. The first-order valence-corrected chi connectivity index (χ1v) is 7.64. The normalized spacial score (nSPS) is 19.6. The maximum Gasteiger partial charge on any atom is 0.330 e. The van der Waals surface area contributed by atoms with Gasteiger partial charge in [-0.2, -0.15) is 0 Å². The second-order valence-corrected chi connectivity index (χ2v) is 5.34. The number of hydrogen-bond acceptors (Lipinski definition) is 7. The molecule has 0 radical (unpaired) electrons. The fourth-order valence-corrected chi connectivity index (χ4v) is 2.41. The van der Waals surface area contributed by atoms with E-state index >= 15 is 0 Å². The van der Waals surface area contributed by atoms with Crippen molar-refractivity contribution in [2.45, 2.75) is 25.2 Å². The first kappa shape index (κ1) is 18.3. The number of aromatic amines is 1. The van der Waals surface area contributed by atoms with E-state index in [1.54, 1.807) is 0 Å². The third kappa shape index (κ3) is 4.72. The van der Waals surface area contributed by atoms with Gasteiger partial charge in [0, 0.05) is 6.20 Å². The molecule has 1 aliphatic rings. The molecule has 0 bridgehead atoms. The van der Waals surface area contributed by atoms with Crippen molar-refractivity contribution in [2.75, 3.05) is 19.7 Å². The van der Waals surface area contributed by atoms with Gasteiger partial charge in [0.25, 0.3) is 5.56 Å². The number of nitrogens with two attached hydrogens (primary N) is 1. The zero-order valence-electron chi connectivity index (χ0n) is 12.8. The minimum Gasteiger partial charge on any atom is -0.352 e. The zero-order valence-corrected chi connectivity index (χ0v) is 13.7. The van der Waals surface area contributed by atoms with E-state index in [-0.39, 0.29) is 30.7 Å². The number of carbonyl (C=O) groups excluding carboxylic acids is 1. The molecule has 130 valence electrons. The summed E-state index contributed by atoms with van der Waals surface area (Å²) in [5.41, 5.74) is 4.09. The number of aromatic nitrogens is 2. The molecule has 2 atom stereocenters. The molecule has 0 spiro atoms. The number of carbonyl (C=O) groups is 1. The minimum absolute atomic E-state index is 0.0515. The number of thiol groups is 1. The quantitative estimate of drug-likeness (QED) is 0.289. The first-order chi connectivity index (χ1) is 11.5. The van der Waals surface area contributed by atoms with E-state index in [2.05, 4.69) is 35.1 Å². The lowest BCUT2D eigenvalue weighted by Crippen LogP contribution is -2.34. The van der Waals surface area contributed by atoms with Crippen molar-refractivity contribution in [1.82, 2.24) is 14.9 Å². The lowest BCUT2D eigenvalue weighted by molar-refractivity contribution is -0.119. The van der Waals surface area contributed by atoms with Crippen molar-refractivity contribution in [3.8, 4) is 11.8 Å². The van der Waals surface area contributed by atoms with Crippen LogP contribution in [0.4, 0.5) is 0 Å². The van der Waals surface area contributed by atoms with E-state index in [4.69, 9.17) is 14.7 Å². The Morgan fingerprint density at radius 2 is 2.33 bits per heavy atom. The summed E-state index contributed by atoms with van der Waals surface area (Å²) >= 11 is 3.68. The lowest BCUT2D eigenvalue weighted by atomic mass is 10.2. The van der Waals surface area contributed by atoms with Crippen molar-refractivity contribution in [1.29, 1.82) is 0 Å². The van der Waals surface area contributed by atoms with Crippen LogP contribution < -0.4 is 22.3 Å². The van der Waals surface area contributed by atoms with Gasteiger partial charge in [-0.15, -0.1) is 0 Å². The Balaban J connectivity index is 2.14. The standard InChI is InChI=1S/C14H18N4O5S/c15-6-11(19)16-5-1-2-9-7-18(14(21)17-13(9)20)12-4-3-10(23-12)8-22-24/h7,10,12,24H,3-6,8,15H2,(H,16,19)(H,17,20,21)/t10-,12+/m0/s1. The van der Waals surface area contributed by atoms with E-state index in [9.17, 15) is 14.4 Å². The monoisotopic (exact) mass is 354 g/mol. The van der Waals surface area contributed by atoms with Crippen LogP contribution in [0, 0.1) is 11.8 Å². The fraction of sp³-hybridized carbons (Fsp3) is 0.500. The smallest absolute Gasteiger partial charge is 0.330 e. The highest BCUT2D eigenvalue weighted by molar-refractivity contribution is 7.75. The molecule has 1 fully saturated rings. The molecule has 2 rings (SSSR count). The molecule has 1 saturated heterocycles. The van der Waals surface area contributed by atoms with E-state index in [1.807, 2.05) is 0 Å². The number of nitrogens with one attached hydrogen (secondary N) is 2. The van der Waals surface area contributed by atoms with Crippen molar-refractivity contribution in [2.24, 2.45) is 5.73 Å². The van der Waals surface area contributed by atoms with Gasteiger partial charge in [-0.1, -0.05) is 11.8 Å². The minimum atomic E-state index is -0.595. The van der Waals surface area contributed by atoms with Crippen molar-refractivity contribution in [3.05, 3.63) is 32.6 Å². The van der Waals surface area contributed by atoms with Crippen molar-refractivity contribution in [3.63, 3.8) is 0 Å². The summed E-state index contributed by atoms with van der Waals surface area (Å²) in [4.78, 5) is 37.0. The maximum absolute atomic E-state index is 12.0. The molecular formula is C14H18N4O5S. The highest BCUT2D eigenvalue weighted by Crippen LogP contribution is 2.27. The predicted octanol–water partition coefficient (Wildman–Crippen LogP) is -1.50. The van der Waals surface area contributed by atoms with Gasteiger partial charge in [0.05, 0.1) is 25.8 Å². The van der Waals surface area contributed by atoms with Gasteiger partial charge in [-0.25, -0.2) is 4.79 Å². The van der Waals surface area contributed by atoms with Gasteiger partial charge < -0.3 is 20.0 Å². The second-order valence-electron chi connectivity index (χ2n) is 5.08. The molecule has 0 aliphatic carbocycles. The SMILES string of the molecule is NCC(=O)NCC#Cc1cn([C@H]2CC[C@@H](COS)O2)c(=O)[nH]c1=O. The van der Waals surface area contributed by atoms with Gasteiger partial charge in [-0.3, -0.25) is 19.1 Å². The molecule has 24 heavy (non-hydrogen) atoms. The summed E-state index contributed by atoms with van der Waals surface area (Å²) in [5.74, 6) is 4.90. The van der Waals surface area contributed by atoms with Crippen LogP contribution in [0.25, 0.3) is 0 Å².